The molecule has 0 aliphatic carbocycles. The molecular formula is C6H7N3O2. The smallest absolute Gasteiger partial charge is 0.132 e. The molecule has 5 heteroatoms. The molecule has 0 bridgehead atoms. The second-order valence-electron chi connectivity index (χ2n) is 1.94. The minimum absolute atomic E-state index is 0.00398. The Morgan fingerprint density at radius 1 is 1.82 bits per heavy atom. The summed E-state index contributed by atoms with van der Waals surface area (Å²) in [7, 11) is 0. The maximum atomic E-state index is 9.18. The number of hydrogen-bond acceptors (Lipinski definition) is 3. The zero-order chi connectivity index (χ0) is 8.10. The summed E-state index contributed by atoms with van der Waals surface area (Å²) in [6.45, 7) is 0.00398. The average Bonchev–Trinajstić information content (AvgIpc) is 2.52. The number of rotatable bonds is 3. The fourth-order valence-electron chi connectivity index (χ4n) is 0.685. The molecule has 0 spiro atoms. The van der Waals surface area contributed by atoms with E-state index in [9.17, 15) is 5.11 Å². The van der Waals surface area contributed by atoms with E-state index in [1.54, 1.807) is 12.1 Å². The Bertz CT molecular complexity index is 251. The number of hydrogen-bond donors (Lipinski definition) is 1. The number of aliphatic hydroxyl groups is 1. The second-order valence-corrected chi connectivity index (χ2v) is 1.94. The average molecular weight is 153 g/mol. The van der Waals surface area contributed by atoms with Crippen LogP contribution in [0.15, 0.2) is 27.9 Å². The molecule has 1 unspecified atom stereocenters. The topological polar surface area (TPSA) is 82.1 Å². The van der Waals surface area contributed by atoms with Crippen LogP contribution in [-0.4, -0.2) is 11.7 Å². The van der Waals surface area contributed by atoms with Crippen molar-refractivity contribution < 1.29 is 9.52 Å². The van der Waals surface area contributed by atoms with E-state index in [-0.39, 0.29) is 6.54 Å². The summed E-state index contributed by atoms with van der Waals surface area (Å²) in [5, 5.41) is 12.4. The van der Waals surface area contributed by atoms with Gasteiger partial charge in [-0.05, 0) is 17.7 Å². The third-order valence-electron chi connectivity index (χ3n) is 1.19. The molecule has 1 N–H and O–H groups in total. The van der Waals surface area contributed by atoms with Crippen molar-refractivity contribution in [3.05, 3.63) is 34.6 Å². The molecular weight excluding hydrogens is 146 g/mol. The molecule has 1 rings (SSSR count). The van der Waals surface area contributed by atoms with Crippen molar-refractivity contribution in [2.24, 2.45) is 5.11 Å². The van der Waals surface area contributed by atoms with Crippen molar-refractivity contribution in [1.29, 1.82) is 0 Å². The van der Waals surface area contributed by atoms with Crippen LogP contribution >= 0.6 is 0 Å². The maximum absolute atomic E-state index is 9.18. The first-order valence-corrected chi connectivity index (χ1v) is 3.07. The molecule has 0 saturated carbocycles. The van der Waals surface area contributed by atoms with Crippen molar-refractivity contribution in [3.8, 4) is 0 Å². The van der Waals surface area contributed by atoms with Crippen LogP contribution < -0.4 is 0 Å². The molecule has 0 aliphatic rings. The van der Waals surface area contributed by atoms with Crippen molar-refractivity contribution in [2.75, 3.05) is 6.54 Å². The second kappa shape index (κ2) is 3.65. The summed E-state index contributed by atoms with van der Waals surface area (Å²) in [5.74, 6) is 0.414. The van der Waals surface area contributed by atoms with Gasteiger partial charge in [0.2, 0.25) is 0 Å². The molecule has 1 aromatic rings. The molecule has 58 valence electrons. The van der Waals surface area contributed by atoms with E-state index >= 15 is 0 Å². The Morgan fingerprint density at radius 2 is 2.64 bits per heavy atom. The molecule has 0 fully saturated rings. The molecule has 1 atom stereocenters. The predicted molar refractivity (Wildman–Crippen MR) is 37.7 cm³/mol. The van der Waals surface area contributed by atoms with Gasteiger partial charge >= 0.3 is 0 Å². The van der Waals surface area contributed by atoms with E-state index in [1.165, 1.54) is 6.26 Å². The van der Waals surface area contributed by atoms with Crippen molar-refractivity contribution in [2.45, 2.75) is 6.10 Å². The van der Waals surface area contributed by atoms with E-state index in [2.05, 4.69) is 10.0 Å². The lowest BCUT2D eigenvalue weighted by Crippen LogP contribution is -1.98. The highest BCUT2D eigenvalue weighted by molar-refractivity contribution is 5.02. The molecule has 0 aromatic carbocycles. The summed E-state index contributed by atoms with van der Waals surface area (Å²) in [4.78, 5) is 2.51. The SMILES string of the molecule is [N-]=[N+]=NCC(O)c1ccco1. The summed E-state index contributed by atoms with van der Waals surface area (Å²) < 4.78 is 4.86. The van der Waals surface area contributed by atoms with Crippen LogP contribution in [0, 0.1) is 0 Å². The summed E-state index contributed by atoms with van der Waals surface area (Å²) in [5.41, 5.74) is 7.93. The van der Waals surface area contributed by atoms with Crippen LogP contribution in [0.5, 0.6) is 0 Å². The van der Waals surface area contributed by atoms with Gasteiger partial charge in [0, 0.05) is 4.91 Å². The van der Waals surface area contributed by atoms with Gasteiger partial charge in [0.15, 0.2) is 0 Å². The third-order valence-corrected chi connectivity index (χ3v) is 1.19. The van der Waals surface area contributed by atoms with Crippen LogP contribution in [0.3, 0.4) is 0 Å². The van der Waals surface area contributed by atoms with Crippen LogP contribution in [0.1, 0.15) is 11.9 Å². The number of nitrogens with zero attached hydrogens (tertiary/aromatic N) is 3. The first kappa shape index (κ1) is 7.65. The molecule has 0 aliphatic heterocycles. The molecule has 0 amide bonds. The minimum Gasteiger partial charge on any atom is -0.467 e. The van der Waals surface area contributed by atoms with Crippen LogP contribution in [0.4, 0.5) is 0 Å². The Labute approximate surface area is 62.9 Å². The number of azide groups is 1. The standard InChI is InChI=1S/C6H7N3O2/c7-9-8-4-5(10)6-2-1-3-11-6/h1-3,5,10H,4H2. The third kappa shape index (κ3) is 2.00. The van der Waals surface area contributed by atoms with Gasteiger partial charge in [-0.1, -0.05) is 5.11 Å². The Hall–Kier alpha value is -1.45. The van der Waals surface area contributed by atoms with E-state index in [1.807, 2.05) is 0 Å². The zero-order valence-corrected chi connectivity index (χ0v) is 5.71. The van der Waals surface area contributed by atoms with Gasteiger partial charge in [-0.3, -0.25) is 0 Å². The van der Waals surface area contributed by atoms with Crippen molar-refractivity contribution in [3.63, 3.8) is 0 Å². The molecule has 0 saturated heterocycles. The molecule has 5 nitrogen and oxygen atoms in total. The lowest BCUT2D eigenvalue weighted by molar-refractivity contribution is 0.158. The summed E-state index contributed by atoms with van der Waals surface area (Å²) in [6, 6.07) is 3.28. The van der Waals surface area contributed by atoms with Crippen LogP contribution in [0.25, 0.3) is 10.4 Å². The van der Waals surface area contributed by atoms with E-state index in [4.69, 9.17) is 9.95 Å². The predicted octanol–water partition coefficient (Wildman–Crippen LogP) is 1.62. The van der Waals surface area contributed by atoms with E-state index < -0.39 is 6.10 Å². The highest BCUT2D eigenvalue weighted by Gasteiger charge is 2.07. The first-order valence-electron chi connectivity index (χ1n) is 3.07. The monoisotopic (exact) mass is 153 g/mol. The van der Waals surface area contributed by atoms with Gasteiger partial charge in [-0.15, -0.1) is 0 Å². The maximum Gasteiger partial charge on any atom is 0.132 e. The number of aliphatic hydroxyl groups excluding tert-OH is 1. The van der Waals surface area contributed by atoms with Gasteiger partial charge in [-0.25, -0.2) is 0 Å². The Kier molecular flexibility index (Phi) is 2.54. The largest absolute Gasteiger partial charge is 0.467 e. The highest BCUT2D eigenvalue weighted by Crippen LogP contribution is 2.12. The van der Waals surface area contributed by atoms with Gasteiger partial charge in [-0.2, -0.15) is 0 Å². The van der Waals surface area contributed by atoms with Crippen LogP contribution in [0.2, 0.25) is 0 Å². The minimum atomic E-state index is -0.833. The molecule has 0 radical (unpaired) electrons. The Balaban J connectivity index is 2.55. The summed E-state index contributed by atoms with van der Waals surface area (Å²) in [6.07, 6.45) is 0.621. The highest BCUT2D eigenvalue weighted by atomic mass is 16.4. The first-order chi connectivity index (χ1) is 5.34. The van der Waals surface area contributed by atoms with Crippen molar-refractivity contribution >= 4 is 0 Å². The molecule has 1 aromatic heterocycles. The zero-order valence-electron chi connectivity index (χ0n) is 5.71. The van der Waals surface area contributed by atoms with Gasteiger partial charge in [0.1, 0.15) is 11.9 Å². The van der Waals surface area contributed by atoms with E-state index in [0.717, 1.165) is 0 Å². The number of furan rings is 1. The fourth-order valence-corrected chi connectivity index (χ4v) is 0.685. The molecule has 11 heavy (non-hydrogen) atoms. The van der Waals surface area contributed by atoms with Gasteiger partial charge < -0.3 is 9.52 Å². The lowest BCUT2D eigenvalue weighted by Gasteiger charge is -2.00. The lowest BCUT2D eigenvalue weighted by atomic mass is 10.3. The quantitative estimate of drug-likeness (QED) is 0.406. The Morgan fingerprint density at radius 3 is 3.18 bits per heavy atom. The van der Waals surface area contributed by atoms with Crippen molar-refractivity contribution in [1.82, 2.24) is 0 Å². The normalized spacial score (nSPS) is 12.1. The van der Waals surface area contributed by atoms with Crippen LogP contribution in [-0.2, 0) is 0 Å². The van der Waals surface area contributed by atoms with E-state index in [0.29, 0.717) is 5.76 Å². The van der Waals surface area contributed by atoms with Gasteiger partial charge in [0.05, 0.1) is 12.8 Å². The fraction of sp³-hybridized carbons (Fsp3) is 0.333. The summed E-state index contributed by atoms with van der Waals surface area (Å²) >= 11 is 0. The molecule has 1 heterocycles. The van der Waals surface area contributed by atoms with Gasteiger partial charge in [0.25, 0.3) is 0 Å².